The summed E-state index contributed by atoms with van der Waals surface area (Å²) in [6.07, 6.45) is 4.74. The van der Waals surface area contributed by atoms with E-state index < -0.39 is 0 Å². The molecule has 0 aliphatic heterocycles. The summed E-state index contributed by atoms with van der Waals surface area (Å²) >= 11 is 6.46. The number of nitrogens with zero attached hydrogens (tertiary/aromatic N) is 1. The molecule has 194 valence electrons. The Morgan fingerprint density at radius 1 is 0.650 bits per heavy atom. The lowest BCUT2D eigenvalue weighted by Crippen LogP contribution is -2.24. The number of anilines is 2. The second-order valence-corrected chi connectivity index (χ2v) is 10.4. The number of hydrogen-bond donors (Lipinski definition) is 0. The lowest BCUT2D eigenvalue weighted by Gasteiger charge is -2.34. The van der Waals surface area contributed by atoms with Crippen LogP contribution in [0.2, 0.25) is 5.02 Å². The number of fused-ring (bicyclic) bond motifs is 3. The Balaban J connectivity index is 1.36. The lowest BCUT2D eigenvalue weighted by atomic mass is 9.95. The van der Waals surface area contributed by atoms with Gasteiger partial charge in [0.05, 0.1) is 16.5 Å². The molecule has 7 rings (SSSR count). The first-order valence-electron chi connectivity index (χ1n) is 13.3. The first-order chi connectivity index (χ1) is 19.7. The van der Waals surface area contributed by atoms with Gasteiger partial charge < -0.3 is 9.32 Å². The van der Waals surface area contributed by atoms with Gasteiger partial charge in [0.15, 0.2) is 5.58 Å². The van der Waals surface area contributed by atoms with Crippen LogP contribution in [-0.4, -0.2) is 0 Å². The first kappa shape index (κ1) is 24.4. The third-order valence-electron chi connectivity index (χ3n) is 7.57. The highest BCUT2D eigenvalue weighted by molar-refractivity contribution is 6.35. The van der Waals surface area contributed by atoms with Crippen molar-refractivity contribution in [2.75, 3.05) is 4.90 Å². The molecule has 1 aliphatic rings. The van der Waals surface area contributed by atoms with Crippen molar-refractivity contribution in [1.82, 2.24) is 0 Å². The molecular weight excluding hydrogens is 517 g/mol. The summed E-state index contributed by atoms with van der Waals surface area (Å²) in [6, 6.07) is 40.6. The smallest absolute Gasteiger partial charge is 0.156 e. The third-order valence-corrected chi connectivity index (χ3v) is 7.87. The minimum absolute atomic E-state index is 0.187. The third kappa shape index (κ3) is 4.29. The molecule has 0 amide bonds. The molecule has 0 saturated carbocycles. The fourth-order valence-electron chi connectivity index (χ4n) is 5.63. The van der Waals surface area contributed by atoms with Crippen LogP contribution in [-0.2, 0) is 0 Å². The SMILES string of the molecule is Fc1ccc(Cl)c2oc3c(c12)C=CCC3N(c1ccc(-c2ccccc2)cc1)c1ccc(-c2ccccc2)cc1. The predicted molar refractivity (Wildman–Crippen MR) is 163 cm³/mol. The Bertz CT molecular complexity index is 1740. The summed E-state index contributed by atoms with van der Waals surface area (Å²) in [4.78, 5) is 2.28. The van der Waals surface area contributed by atoms with E-state index in [2.05, 4.69) is 83.8 Å². The van der Waals surface area contributed by atoms with Crippen molar-refractivity contribution in [1.29, 1.82) is 0 Å². The topological polar surface area (TPSA) is 16.4 Å². The van der Waals surface area contributed by atoms with Crippen molar-refractivity contribution < 1.29 is 8.81 Å². The van der Waals surface area contributed by atoms with Crippen molar-refractivity contribution in [2.24, 2.45) is 0 Å². The monoisotopic (exact) mass is 541 g/mol. The molecule has 2 nitrogen and oxygen atoms in total. The molecule has 4 heteroatoms. The largest absolute Gasteiger partial charge is 0.457 e. The zero-order valence-electron chi connectivity index (χ0n) is 21.6. The van der Waals surface area contributed by atoms with E-state index in [-0.39, 0.29) is 11.9 Å². The molecule has 0 spiro atoms. The van der Waals surface area contributed by atoms with Gasteiger partial charge in [-0.15, -0.1) is 0 Å². The van der Waals surface area contributed by atoms with Gasteiger partial charge in [0.1, 0.15) is 11.6 Å². The molecule has 1 atom stereocenters. The standard InChI is InChI=1S/C36H25ClFNO/c37-31-22-23-32(38)34-30-12-7-13-33(35(30)40-36(31)34)39(28-18-14-26(15-19-28)24-8-3-1-4-9-24)29-20-16-27(17-21-29)25-10-5-2-6-11-25/h1-12,14-23,33H,13H2. The van der Waals surface area contributed by atoms with Crippen LogP contribution in [0, 0.1) is 5.82 Å². The summed E-state index contributed by atoms with van der Waals surface area (Å²) in [7, 11) is 0. The average molecular weight is 542 g/mol. The number of benzene rings is 5. The van der Waals surface area contributed by atoms with Crippen molar-refractivity contribution >= 4 is 40.0 Å². The molecule has 0 saturated heterocycles. The van der Waals surface area contributed by atoms with Crippen molar-refractivity contribution in [2.45, 2.75) is 12.5 Å². The molecule has 1 aliphatic carbocycles. The van der Waals surface area contributed by atoms with Crippen LogP contribution in [0.4, 0.5) is 15.8 Å². The van der Waals surface area contributed by atoms with E-state index in [1.165, 1.54) is 6.07 Å². The van der Waals surface area contributed by atoms with E-state index in [1.807, 2.05) is 42.5 Å². The first-order valence-corrected chi connectivity index (χ1v) is 13.7. The van der Waals surface area contributed by atoms with E-state index in [4.69, 9.17) is 16.0 Å². The normalized spacial score (nSPS) is 14.3. The van der Waals surface area contributed by atoms with E-state index in [0.29, 0.717) is 28.2 Å². The van der Waals surface area contributed by atoms with Crippen LogP contribution in [0.15, 0.2) is 132 Å². The minimum atomic E-state index is -0.333. The predicted octanol–water partition coefficient (Wildman–Crippen LogP) is 10.9. The summed E-state index contributed by atoms with van der Waals surface area (Å²) < 4.78 is 21.4. The minimum Gasteiger partial charge on any atom is -0.457 e. The van der Waals surface area contributed by atoms with Gasteiger partial charge in [-0.3, -0.25) is 0 Å². The summed E-state index contributed by atoms with van der Waals surface area (Å²) in [5.41, 5.74) is 7.79. The number of halogens is 2. The van der Waals surface area contributed by atoms with Crippen molar-refractivity contribution in [3.8, 4) is 22.3 Å². The number of hydrogen-bond acceptors (Lipinski definition) is 2. The van der Waals surface area contributed by atoms with E-state index >= 15 is 4.39 Å². The highest BCUT2D eigenvalue weighted by Crippen LogP contribution is 2.46. The molecule has 40 heavy (non-hydrogen) atoms. The number of furan rings is 1. The Morgan fingerprint density at radius 3 is 1.73 bits per heavy atom. The second-order valence-electron chi connectivity index (χ2n) is 9.96. The average Bonchev–Trinajstić information content (AvgIpc) is 3.43. The fraction of sp³-hybridized carbons (Fsp3) is 0.0556. The highest BCUT2D eigenvalue weighted by Gasteiger charge is 2.32. The quantitative estimate of drug-likeness (QED) is 0.216. The van der Waals surface area contributed by atoms with Gasteiger partial charge in [-0.05, 0) is 65.1 Å². The molecule has 6 aromatic rings. The van der Waals surface area contributed by atoms with Gasteiger partial charge in [0.2, 0.25) is 0 Å². The van der Waals surface area contributed by atoms with Crippen LogP contribution >= 0.6 is 11.6 Å². The Labute approximate surface area is 237 Å². The zero-order valence-corrected chi connectivity index (χ0v) is 22.4. The molecule has 0 fully saturated rings. The highest BCUT2D eigenvalue weighted by atomic mass is 35.5. The summed E-state index contributed by atoms with van der Waals surface area (Å²) in [5, 5.41) is 0.839. The molecule has 0 radical (unpaired) electrons. The fourth-order valence-corrected chi connectivity index (χ4v) is 5.82. The molecule has 5 aromatic carbocycles. The lowest BCUT2D eigenvalue weighted by molar-refractivity contribution is 0.488. The summed E-state index contributed by atoms with van der Waals surface area (Å²) in [5.74, 6) is 0.379. The molecule has 1 aromatic heterocycles. The van der Waals surface area contributed by atoms with E-state index in [1.54, 1.807) is 6.07 Å². The Kier molecular flexibility index (Phi) is 6.22. The van der Waals surface area contributed by atoms with E-state index in [9.17, 15) is 0 Å². The Hall–Kier alpha value is -4.60. The van der Waals surface area contributed by atoms with Crippen molar-refractivity contribution in [3.63, 3.8) is 0 Å². The van der Waals surface area contributed by atoms with Gasteiger partial charge in [0, 0.05) is 16.9 Å². The number of rotatable bonds is 5. The zero-order chi connectivity index (χ0) is 27.1. The maximum absolute atomic E-state index is 15.0. The molecule has 0 bridgehead atoms. The van der Waals surface area contributed by atoms with Crippen LogP contribution in [0.3, 0.4) is 0 Å². The maximum atomic E-state index is 15.0. The maximum Gasteiger partial charge on any atom is 0.156 e. The Morgan fingerprint density at radius 2 is 1.18 bits per heavy atom. The molecule has 1 unspecified atom stereocenters. The van der Waals surface area contributed by atoms with Crippen LogP contribution in [0.25, 0.3) is 39.3 Å². The molecule has 1 heterocycles. The molecular formula is C36H25ClFNO. The van der Waals surface area contributed by atoms with Crippen LogP contribution < -0.4 is 4.90 Å². The second kappa shape index (κ2) is 10.2. The van der Waals surface area contributed by atoms with Crippen molar-refractivity contribution in [3.05, 3.63) is 150 Å². The van der Waals surface area contributed by atoms with Gasteiger partial charge in [-0.1, -0.05) is 109 Å². The van der Waals surface area contributed by atoms with Gasteiger partial charge in [0.25, 0.3) is 0 Å². The van der Waals surface area contributed by atoms with Crippen LogP contribution in [0.1, 0.15) is 23.8 Å². The summed E-state index contributed by atoms with van der Waals surface area (Å²) in [6.45, 7) is 0. The van der Waals surface area contributed by atoms with Crippen LogP contribution in [0.5, 0.6) is 0 Å². The van der Waals surface area contributed by atoms with E-state index in [0.717, 1.165) is 39.2 Å². The molecule has 0 N–H and O–H groups in total. The van der Waals surface area contributed by atoms with Gasteiger partial charge in [-0.2, -0.15) is 0 Å². The van der Waals surface area contributed by atoms with Gasteiger partial charge in [-0.25, -0.2) is 4.39 Å². The van der Waals surface area contributed by atoms with Gasteiger partial charge >= 0.3 is 0 Å².